The average Bonchev–Trinajstić information content (AvgIpc) is 2.68. The molecule has 1 amide bonds. The highest BCUT2D eigenvalue weighted by atomic mass is 35.5. The molecule has 0 bridgehead atoms. The maximum atomic E-state index is 13.3. The predicted molar refractivity (Wildman–Crippen MR) is 102 cm³/mol. The van der Waals surface area contributed by atoms with Crippen molar-refractivity contribution in [3.05, 3.63) is 77.1 Å². The lowest BCUT2D eigenvalue weighted by atomic mass is 10.1. The number of hydrogen-bond acceptors (Lipinski definition) is 4. The summed E-state index contributed by atoms with van der Waals surface area (Å²) in [5.41, 5.74) is -1.71. The van der Waals surface area contributed by atoms with Gasteiger partial charge in [0, 0.05) is 6.20 Å². The Labute approximate surface area is 181 Å². The van der Waals surface area contributed by atoms with Gasteiger partial charge in [-0.2, -0.15) is 13.2 Å². The lowest BCUT2D eigenvalue weighted by Gasteiger charge is -2.17. The van der Waals surface area contributed by atoms with Crippen LogP contribution in [-0.4, -0.2) is 17.3 Å². The van der Waals surface area contributed by atoms with E-state index in [-0.39, 0.29) is 17.2 Å². The summed E-state index contributed by atoms with van der Waals surface area (Å²) in [5.74, 6) is -1.98. The Balaban J connectivity index is 1.96. The van der Waals surface area contributed by atoms with Crippen LogP contribution in [0.2, 0.25) is 5.02 Å². The Hall–Kier alpha value is -3.47. The fourth-order valence-corrected chi connectivity index (χ4v) is 2.89. The van der Waals surface area contributed by atoms with E-state index in [1.165, 1.54) is 24.5 Å². The van der Waals surface area contributed by atoms with Crippen molar-refractivity contribution in [2.45, 2.75) is 12.5 Å². The van der Waals surface area contributed by atoms with Crippen molar-refractivity contribution in [1.29, 1.82) is 0 Å². The van der Waals surface area contributed by atoms with Gasteiger partial charge < -0.3 is 14.8 Å². The first-order valence-electron chi connectivity index (χ1n) is 8.59. The molecule has 168 valence electrons. The van der Waals surface area contributed by atoms with Gasteiger partial charge in [0.1, 0.15) is 22.8 Å². The number of pyridine rings is 1. The zero-order valence-electron chi connectivity index (χ0n) is 15.6. The molecule has 0 aliphatic heterocycles. The topological polar surface area (TPSA) is 60.5 Å². The molecule has 0 unspecified atom stereocenters. The summed E-state index contributed by atoms with van der Waals surface area (Å²) in [6.45, 7) is 0. The average molecular weight is 477 g/mol. The number of nitrogens with zero attached hydrogens (tertiary/aromatic N) is 1. The van der Waals surface area contributed by atoms with Gasteiger partial charge >= 0.3 is 12.5 Å². The van der Waals surface area contributed by atoms with E-state index < -0.39 is 40.3 Å². The molecule has 0 aliphatic carbocycles. The molecule has 0 aliphatic rings. The molecule has 0 saturated heterocycles. The Morgan fingerprint density at radius 2 is 1.59 bits per heavy atom. The van der Waals surface area contributed by atoms with Gasteiger partial charge in [0.05, 0.1) is 22.5 Å². The van der Waals surface area contributed by atoms with Crippen LogP contribution in [0.25, 0.3) is 0 Å². The molecule has 0 spiro atoms. The fourth-order valence-electron chi connectivity index (χ4n) is 2.54. The summed E-state index contributed by atoms with van der Waals surface area (Å²) >= 11 is 5.90. The number of ether oxygens (including phenoxy) is 2. The van der Waals surface area contributed by atoms with Crippen molar-refractivity contribution in [1.82, 2.24) is 4.98 Å². The summed E-state index contributed by atoms with van der Waals surface area (Å²) in [7, 11) is 0. The van der Waals surface area contributed by atoms with Crippen molar-refractivity contribution in [3.63, 3.8) is 0 Å². The number of hydrogen-bond donors (Lipinski definition) is 1. The smallest absolute Gasteiger partial charge is 0.456 e. The van der Waals surface area contributed by atoms with Crippen LogP contribution in [-0.2, 0) is 6.18 Å². The first kappa shape index (κ1) is 23.2. The largest absolute Gasteiger partial charge is 0.573 e. The van der Waals surface area contributed by atoms with Gasteiger partial charge in [0.2, 0.25) is 0 Å². The maximum absolute atomic E-state index is 13.3. The molecule has 0 atom stereocenters. The molecular weight excluding hydrogens is 466 g/mol. The monoisotopic (exact) mass is 476 g/mol. The Morgan fingerprint density at radius 1 is 0.938 bits per heavy atom. The molecule has 2 aromatic carbocycles. The highest BCUT2D eigenvalue weighted by molar-refractivity contribution is 6.35. The van der Waals surface area contributed by atoms with Crippen LogP contribution in [0.3, 0.4) is 0 Å². The fraction of sp³-hybridized carbons (Fsp3) is 0.100. The number of halogens is 7. The quantitative estimate of drug-likeness (QED) is 0.416. The summed E-state index contributed by atoms with van der Waals surface area (Å²) < 4.78 is 85.9. The zero-order valence-corrected chi connectivity index (χ0v) is 16.3. The lowest BCUT2D eigenvalue weighted by molar-refractivity contribution is -0.274. The lowest BCUT2D eigenvalue weighted by Crippen LogP contribution is -2.17. The second kappa shape index (κ2) is 8.95. The van der Waals surface area contributed by atoms with Crippen LogP contribution in [0.1, 0.15) is 15.9 Å². The van der Waals surface area contributed by atoms with E-state index in [1.807, 2.05) is 0 Å². The SMILES string of the molecule is O=C(Nc1cccnc1)c1c(Oc2ccc(OC(F)(F)F)cc2)ccc(C(F)(F)F)c1Cl. The summed E-state index contributed by atoms with van der Waals surface area (Å²) in [6, 6.07) is 8.48. The minimum atomic E-state index is -4.90. The number of benzene rings is 2. The number of aromatic nitrogens is 1. The molecule has 0 fully saturated rings. The number of alkyl halides is 6. The Kier molecular flexibility index (Phi) is 6.49. The van der Waals surface area contributed by atoms with E-state index in [2.05, 4.69) is 15.0 Å². The summed E-state index contributed by atoms with van der Waals surface area (Å²) in [4.78, 5) is 16.5. The predicted octanol–water partition coefficient (Wildman–Crippen LogP) is 6.70. The number of carbonyl (C=O) groups is 1. The van der Waals surface area contributed by atoms with Crippen LogP contribution >= 0.6 is 11.6 Å². The molecule has 1 aromatic heterocycles. The standard InChI is InChI=1S/C20H11ClF6N2O3/c21-17-14(19(22,23)24)7-8-15(16(17)18(30)29-11-2-1-9-28-10-11)31-12-3-5-13(6-4-12)32-20(25,26)27/h1-10H,(H,29,30). The molecular formula is C20H11ClF6N2O3. The van der Waals surface area contributed by atoms with Crippen molar-refractivity contribution >= 4 is 23.2 Å². The minimum absolute atomic E-state index is 0.0780. The van der Waals surface area contributed by atoms with Gasteiger partial charge in [-0.1, -0.05) is 11.6 Å². The van der Waals surface area contributed by atoms with E-state index >= 15 is 0 Å². The maximum Gasteiger partial charge on any atom is 0.573 e. The first-order chi connectivity index (χ1) is 14.9. The van der Waals surface area contributed by atoms with E-state index in [4.69, 9.17) is 16.3 Å². The molecule has 3 aromatic rings. The van der Waals surface area contributed by atoms with Crippen LogP contribution in [0.15, 0.2) is 60.9 Å². The summed E-state index contributed by atoms with van der Waals surface area (Å²) in [5, 5.41) is 1.45. The molecule has 32 heavy (non-hydrogen) atoms. The molecule has 1 heterocycles. The van der Waals surface area contributed by atoms with Crippen LogP contribution in [0.4, 0.5) is 32.0 Å². The molecule has 12 heteroatoms. The normalized spacial score (nSPS) is 11.7. The highest BCUT2D eigenvalue weighted by Crippen LogP contribution is 2.41. The third-order valence-electron chi connectivity index (χ3n) is 3.84. The van der Waals surface area contributed by atoms with Gasteiger partial charge in [-0.3, -0.25) is 9.78 Å². The molecule has 5 nitrogen and oxygen atoms in total. The van der Waals surface area contributed by atoms with Crippen molar-refractivity contribution in [3.8, 4) is 17.2 Å². The van der Waals surface area contributed by atoms with E-state index in [0.717, 1.165) is 30.3 Å². The highest BCUT2D eigenvalue weighted by Gasteiger charge is 2.36. The second-order valence-corrected chi connectivity index (χ2v) is 6.49. The number of amides is 1. The van der Waals surface area contributed by atoms with Gasteiger partial charge in [0.15, 0.2) is 0 Å². The first-order valence-corrected chi connectivity index (χ1v) is 8.96. The third kappa shape index (κ3) is 5.82. The Morgan fingerprint density at radius 3 is 2.16 bits per heavy atom. The van der Waals surface area contributed by atoms with E-state index in [1.54, 1.807) is 0 Å². The van der Waals surface area contributed by atoms with Crippen molar-refractivity contribution in [2.75, 3.05) is 5.32 Å². The van der Waals surface area contributed by atoms with E-state index in [9.17, 15) is 31.1 Å². The molecule has 0 saturated carbocycles. The Bertz CT molecular complexity index is 1100. The van der Waals surface area contributed by atoms with Gasteiger partial charge in [-0.15, -0.1) is 13.2 Å². The number of rotatable bonds is 5. The molecule has 0 radical (unpaired) electrons. The van der Waals surface area contributed by atoms with Crippen LogP contribution in [0, 0.1) is 0 Å². The van der Waals surface area contributed by atoms with Gasteiger partial charge in [0.25, 0.3) is 5.91 Å². The minimum Gasteiger partial charge on any atom is -0.456 e. The van der Waals surface area contributed by atoms with Crippen LogP contribution in [0.5, 0.6) is 17.2 Å². The van der Waals surface area contributed by atoms with Crippen molar-refractivity contribution in [2.24, 2.45) is 0 Å². The molecule has 1 N–H and O–H groups in total. The van der Waals surface area contributed by atoms with Crippen molar-refractivity contribution < 1.29 is 40.6 Å². The van der Waals surface area contributed by atoms with Crippen LogP contribution < -0.4 is 14.8 Å². The number of anilines is 1. The van der Waals surface area contributed by atoms with Gasteiger partial charge in [-0.05, 0) is 48.5 Å². The third-order valence-corrected chi connectivity index (χ3v) is 4.23. The van der Waals surface area contributed by atoms with E-state index in [0.29, 0.717) is 6.07 Å². The molecule has 3 rings (SSSR count). The number of carbonyl (C=O) groups excluding carboxylic acids is 1. The van der Waals surface area contributed by atoms with Gasteiger partial charge in [-0.25, -0.2) is 0 Å². The number of nitrogens with one attached hydrogen (secondary N) is 1. The zero-order chi connectivity index (χ0) is 23.5. The second-order valence-electron chi connectivity index (χ2n) is 6.12. The summed E-state index contributed by atoms with van der Waals surface area (Å²) in [6.07, 6.45) is -7.07.